The van der Waals surface area contributed by atoms with E-state index in [-0.39, 0.29) is 11.4 Å². The topological polar surface area (TPSA) is 84.7 Å². The molecular formula is C11H7ClN4O. The molecule has 0 unspecified atom stereocenters. The van der Waals surface area contributed by atoms with Gasteiger partial charge in [0.15, 0.2) is 11.4 Å². The number of aromatic nitrogens is 2. The van der Waals surface area contributed by atoms with Crippen molar-refractivity contribution in [3.05, 3.63) is 22.5 Å². The van der Waals surface area contributed by atoms with E-state index in [1.54, 1.807) is 6.08 Å². The predicted octanol–water partition coefficient (Wildman–Crippen LogP) is 2.15. The summed E-state index contributed by atoms with van der Waals surface area (Å²) in [6.45, 7) is 0.542. The Morgan fingerprint density at radius 2 is 2.35 bits per heavy atom. The Balaban J connectivity index is 2.42. The number of hydrogen-bond acceptors (Lipinski definition) is 4. The molecule has 5 nitrogen and oxygen atoms in total. The number of nitrogens with zero attached hydrogens (tertiary/aromatic N) is 2. The number of fused-ring (bicyclic) bond motifs is 3. The lowest BCUT2D eigenvalue weighted by Gasteiger charge is -2.10. The molecule has 0 amide bonds. The van der Waals surface area contributed by atoms with Crippen LogP contribution in [0.15, 0.2) is 11.2 Å². The van der Waals surface area contributed by atoms with E-state index in [4.69, 9.17) is 16.9 Å². The molecule has 0 saturated heterocycles. The average Bonchev–Trinajstić information content (AvgIpc) is 2.68. The monoisotopic (exact) mass is 246 g/mol. The highest BCUT2D eigenvalue weighted by atomic mass is 35.5. The molecule has 0 atom stereocenters. The maximum Gasteiger partial charge on any atom is 0.183 e. The third-order valence-electron chi connectivity index (χ3n) is 2.69. The number of rotatable bonds is 0. The van der Waals surface area contributed by atoms with Crippen LogP contribution in [0.2, 0.25) is 0 Å². The van der Waals surface area contributed by atoms with Crippen LogP contribution < -0.4 is 5.32 Å². The van der Waals surface area contributed by atoms with E-state index < -0.39 is 0 Å². The normalized spacial score (nSPS) is 13.8. The molecule has 1 aliphatic heterocycles. The molecule has 2 aromatic rings. The van der Waals surface area contributed by atoms with E-state index >= 15 is 0 Å². The van der Waals surface area contributed by atoms with Crippen molar-refractivity contribution in [3.8, 4) is 11.8 Å². The summed E-state index contributed by atoms with van der Waals surface area (Å²) in [7, 11) is 0. The van der Waals surface area contributed by atoms with Crippen molar-refractivity contribution in [3.63, 3.8) is 0 Å². The van der Waals surface area contributed by atoms with Crippen molar-refractivity contribution in [2.75, 3.05) is 11.9 Å². The zero-order chi connectivity index (χ0) is 12.0. The molecule has 17 heavy (non-hydrogen) atoms. The van der Waals surface area contributed by atoms with Gasteiger partial charge in [-0.1, -0.05) is 11.6 Å². The minimum atomic E-state index is -0.119. The Bertz CT molecular complexity index is 696. The Kier molecular flexibility index (Phi) is 2.00. The van der Waals surface area contributed by atoms with Gasteiger partial charge in [-0.25, -0.2) is 4.98 Å². The first-order valence-corrected chi connectivity index (χ1v) is 5.32. The largest absolute Gasteiger partial charge is 0.504 e. The molecular weight excluding hydrogens is 240 g/mol. The molecule has 0 radical (unpaired) electrons. The molecule has 0 spiro atoms. The maximum atomic E-state index is 9.98. The second kappa shape index (κ2) is 3.40. The van der Waals surface area contributed by atoms with Crippen LogP contribution in [-0.2, 0) is 0 Å². The summed E-state index contributed by atoms with van der Waals surface area (Å²) in [6, 6.07) is 1.85. The van der Waals surface area contributed by atoms with Crippen molar-refractivity contribution >= 4 is 34.4 Å². The molecule has 0 aliphatic carbocycles. The number of aromatic hydroxyl groups is 1. The van der Waals surface area contributed by atoms with Gasteiger partial charge in [0.2, 0.25) is 0 Å². The van der Waals surface area contributed by atoms with Crippen molar-refractivity contribution < 1.29 is 5.11 Å². The van der Waals surface area contributed by atoms with Crippen LogP contribution >= 0.6 is 11.6 Å². The molecule has 3 heterocycles. The van der Waals surface area contributed by atoms with Crippen LogP contribution in [0.1, 0.15) is 11.3 Å². The smallest absolute Gasteiger partial charge is 0.183 e. The molecule has 0 bridgehead atoms. The molecule has 0 aromatic carbocycles. The number of hydrogen-bond donors (Lipinski definition) is 3. The fourth-order valence-corrected chi connectivity index (χ4v) is 2.12. The van der Waals surface area contributed by atoms with Gasteiger partial charge >= 0.3 is 0 Å². The maximum absolute atomic E-state index is 9.98. The van der Waals surface area contributed by atoms with Gasteiger partial charge in [0.25, 0.3) is 0 Å². The fourth-order valence-electron chi connectivity index (χ4n) is 1.94. The van der Waals surface area contributed by atoms with E-state index in [2.05, 4.69) is 15.3 Å². The summed E-state index contributed by atoms with van der Waals surface area (Å²) >= 11 is 5.95. The minimum absolute atomic E-state index is 0.00870. The van der Waals surface area contributed by atoms with E-state index in [1.807, 2.05) is 6.07 Å². The Morgan fingerprint density at radius 3 is 3.12 bits per heavy atom. The lowest BCUT2D eigenvalue weighted by Crippen LogP contribution is -2.06. The van der Waals surface area contributed by atoms with Gasteiger partial charge in [-0.3, -0.25) is 0 Å². The molecule has 2 aromatic heterocycles. The van der Waals surface area contributed by atoms with Crippen molar-refractivity contribution in [2.45, 2.75) is 0 Å². The standard InChI is InChI=1S/C11H7ClN4O/c12-5-1-6-9-8(16-11(6)15-3-5)4-14-7(2-13)10(9)17/h1,4,15-17H,3H2. The van der Waals surface area contributed by atoms with Crippen molar-refractivity contribution in [1.29, 1.82) is 5.26 Å². The molecule has 0 saturated carbocycles. The van der Waals surface area contributed by atoms with Crippen LogP contribution in [-0.4, -0.2) is 21.6 Å². The highest BCUT2D eigenvalue weighted by Crippen LogP contribution is 2.37. The summed E-state index contributed by atoms with van der Waals surface area (Å²) in [5.74, 6) is 0.656. The van der Waals surface area contributed by atoms with Crippen LogP contribution in [0.5, 0.6) is 5.75 Å². The number of H-pyrrole nitrogens is 1. The van der Waals surface area contributed by atoms with Crippen LogP contribution in [0.3, 0.4) is 0 Å². The highest BCUT2D eigenvalue weighted by Gasteiger charge is 2.19. The van der Waals surface area contributed by atoms with Gasteiger partial charge in [0, 0.05) is 10.6 Å². The van der Waals surface area contributed by atoms with Gasteiger partial charge in [0.1, 0.15) is 11.9 Å². The first kappa shape index (κ1) is 10.00. The van der Waals surface area contributed by atoms with Crippen molar-refractivity contribution in [2.24, 2.45) is 0 Å². The fraction of sp³-hybridized carbons (Fsp3) is 0.0909. The number of nitriles is 1. The Labute approximate surface area is 101 Å². The third-order valence-corrected chi connectivity index (χ3v) is 2.94. The van der Waals surface area contributed by atoms with Gasteiger partial charge in [-0.05, 0) is 6.08 Å². The van der Waals surface area contributed by atoms with Crippen LogP contribution in [0, 0.1) is 11.3 Å². The molecule has 6 heteroatoms. The zero-order valence-corrected chi connectivity index (χ0v) is 9.34. The second-order valence-electron chi connectivity index (χ2n) is 3.71. The summed E-state index contributed by atoms with van der Waals surface area (Å²) in [5, 5.41) is 23.1. The summed E-state index contributed by atoms with van der Waals surface area (Å²) in [6.07, 6.45) is 3.29. The van der Waals surface area contributed by atoms with Gasteiger partial charge < -0.3 is 15.4 Å². The quantitative estimate of drug-likeness (QED) is 0.665. The second-order valence-corrected chi connectivity index (χ2v) is 4.20. The SMILES string of the molecule is N#Cc1ncc2[nH]c3c(c2c1O)C=C(Cl)CN3. The predicted molar refractivity (Wildman–Crippen MR) is 64.8 cm³/mol. The number of anilines is 1. The number of nitrogens with one attached hydrogen (secondary N) is 2. The molecule has 1 aliphatic rings. The first-order valence-electron chi connectivity index (χ1n) is 4.94. The summed E-state index contributed by atoms with van der Waals surface area (Å²) in [5.41, 5.74) is 1.43. The summed E-state index contributed by atoms with van der Waals surface area (Å²) in [4.78, 5) is 6.95. The van der Waals surface area contributed by atoms with E-state index in [1.165, 1.54) is 6.20 Å². The summed E-state index contributed by atoms with van der Waals surface area (Å²) < 4.78 is 0. The first-order chi connectivity index (χ1) is 8.20. The van der Waals surface area contributed by atoms with Gasteiger partial charge in [-0.2, -0.15) is 5.26 Å². The highest BCUT2D eigenvalue weighted by molar-refractivity contribution is 6.32. The van der Waals surface area contributed by atoms with Crippen LogP contribution in [0.4, 0.5) is 5.82 Å². The van der Waals surface area contributed by atoms with Crippen LogP contribution in [0.25, 0.3) is 17.0 Å². The van der Waals surface area contributed by atoms with Gasteiger partial charge in [-0.15, -0.1) is 0 Å². The lowest BCUT2D eigenvalue weighted by atomic mass is 10.1. The third kappa shape index (κ3) is 1.35. The minimum Gasteiger partial charge on any atom is -0.504 e. The van der Waals surface area contributed by atoms with E-state index in [9.17, 15) is 5.11 Å². The number of aromatic amines is 1. The average molecular weight is 247 g/mol. The number of pyridine rings is 1. The molecule has 84 valence electrons. The number of halogens is 1. The molecule has 3 rings (SSSR count). The molecule has 3 N–H and O–H groups in total. The Morgan fingerprint density at radius 1 is 1.53 bits per heavy atom. The lowest BCUT2D eigenvalue weighted by molar-refractivity contribution is 0.477. The van der Waals surface area contributed by atoms with E-state index in [0.29, 0.717) is 22.5 Å². The zero-order valence-electron chi connectivity index (χ0n) is 8.58. The van der Waals surface area contributed by atoms with Gasteiger partial charge in [0.05, 0.1) is 23.6 Å². The molecule has 0 fully saturated rings. The van der Waals surface area contributed by atoms with E-state index in [0.717, 1.165) is 11.4 Å². The van der Waals surface area contributed by atoms with Crippen molar-refractivity contribution in [1.82, 2.24) is 9.97 Å². The Hall–Kier alpha value is -2.19.